The Balaban J connectivity index is 2.28. The third-order valence-electron chi connectivity index (χ3n) is 2.06. The van der Waals surface area contributed by atoms with E-state index in [1.165, 1.54) is 6.26 Å². The molecule has 2 N–H and O–H groups in total. The van der Waals surface area contributed by atoms with Crippen molar-refractivity contribution in [1.82, 2.24) is 20.5 Å². The number of amides is 1. The molecule has 0 bridgehead atoms. The summed E-state index contributed by atoms with van der Waals surface area (Å²) in [4.78, 5) is 15.7. The van der Waals surface area contributed by atoms with E-state index in [0.29, 0.717) is 13.2 Å². The van der Waals surface area contributed by atoms with E-state index in [0.717, 1.165) is 25.1 Å². The van der Waals surface area contributed by atoms with Gasteiger partial charge in [0.05, 0.1) is 12.9 Å². The Morgan fingerprint density at radius 1 is 1.65 bits per heavy atom. The highest BCUT2D eigenvalue weighted by Crippen LogP contribution is 1.96. The summed E-state index contributed by atoms with van der Waals surface area (Å²) >= 11 is 0. The molecule has 0 saturated carbocycles. The van der Waals surface area contributed by atoms with Crippen LogP contribution in [-0.2, 0) is 11.2 Å². The predicted molar refractivity (Wildman–Crippen MR) is 63.5 cm³/mol. The smallest absolute Gasteiger partial charge is 0.290 e. The highest BCUT2D eigenvalue weighted by Gasteiger charge is 2.10. The first-order valence-electron chi connectivity index (χ1n) is 5.70. The van der Waals surface area contributed by atoms with Gasteiger partial charge in [-0.15, -0.1) is 5.10 Å². The molecule has 0 aliphatic carbocycles. The maximum atomic E-state index is 11.6. The van der Waals surface area contributed by atoms with Gasteiger partial charge in [-0.1, -0.05) is 13.5 Å². The number of aryl methyl sites for hydroxylation is 1. The van der Waals surface area contributed by atoms with Crippen LogP contribution in [0.2, 0.25) is 0 Å². The number of carbonyl (C=O) groups excluding carboxylic acids is 1. The first-order chi connectivity index (χ1) is 8.27. The average Bonchev–Trinajstić information content (AvgIpc) is 2.78. The summed E-state index contributed by atoms with van der Waals surface area (Å²) in [6.45, 7) is 6.54. The molecule has 1 aromatic rings. The molecule has 1 amide bonds. The second kappa shape index (κ2) is 7.43. The van der Waals surface area contributed by atoms with Crippen molar-refractivity contribution < 1.29 is 9.53 Å². The van der Waals surface area contributed by atoms with E-state index in [1.54, 1.807) is 0 Å². The van der Waals surface area contributed by atoms with Crippen LogP contribution >= 0.6 is 0 Å². The van der Waals surface area contributed by atoms with Crippen molar-refractivity contribution in [2.45, 2.75) is 26.2 Å². The van der Waals surface area contributed by atoms with Crippen LogP contribution in [-0.4, -0.2) is 34.2 Å². The summed E-state index contributed by atoms with van der Waals surface area (Å²) in [5.74, 6) is 0.674. The van der Waals surface area contributed by atoms with E-state index in [4.69, 9.17) is 4.74 Å². The van der Waals surface area contributed by atoms with Crippen LogP contribution in [0.5, 0.6) is 0 Å². The zero-order valence-corrected chi connectivity index (χ0v) is 10.0. The van der Waals surface area contributed by atoms with Crippen molar-refractivity contribution in [3.05, 3.63) is 24.5 Å². The molecule has 0 unspecified atom stereocenters. The Morgan fingerprint density at radius 2 is 2.47 bits per heavy atom. The molecule has 0 radical (unpaired) electrons. The first kappa shape index (κ1) is 13.2. The van der Waals surface area contributed by atoms with E-state index in [2.05, 4.69) is 27.1 Å². The molecule has 6 nitrogen and oxygen atoms in total. The fourth-order valence-electron chi connectivity index (χ4n) is 1.27. The van der Waals surface area contributed by atoms with Gasteiger partial charge >= 0.3 is 0 Å². The normalized spacial score (nSPS) is 9.94. The fraction of sp³-hybridized carbons (Fsp3) is 0.545. The van der Waals surface area contributed by atoms with E-state index < -0.39 is 0 Å². The highest BCUT2D eigenvalue weighted by molar-refractivity contribution is 5.90. The molecule has 1 heterocycles. The average molecular weight is 238 g/mol. The summed E-state index contributed by atoms with van der Waals surface area (Å²) in [7, 11) is 0. The lowest BCUT2D eigenvalue weighted by atomic mass is 10.3. The van der Waals surface area contributed by atoms with Crippen LogP contribution < -0.4 is 5.32 Å². The summed E-state index contributed by atoms with van der Waals surface area (Å²) in [6, 6.07) is 0. The number of H-pyrrole nitrogens is 1. The second-order valence-electron chi connectivity index (χ2n) is 3.50. The van der Waals surface area contributed by atoms with Crippen LogP contribution in [0.15, 0.2) is 12.8 Å². The van der Waals surface area contributed by atoms with Crippen LogP contribution in [0.3, 0.4) is 0 Å². The number of hydrogen-bond donors (Lipinski definition) is 2. The van der Waals surface area contributed by atoms with Gasteiger partial charge in [0.25, 0.3) is 5.91 Å². The monoisotopic (exact) mass is 238 g/mol. The minimum atomic E-state index is -0.262. The molecule has 17 heavy (non-hydrogen) atoms. The number of aromatic nitrogens is 3. The molecule has 0 spiro atoms. The lowest BCUT2D eigenvalue weighted by Crippen LogP contribution is -2.26. The summed E-state index contributed by atoms with van der Waals surface area (Å²) in [5, 5.41) is 9.31. The highest BCUT2D eigenvalue weighted by atomic mass is 16.5. The molecular formula is C11H18N4O2. The van der Waals surface area contributed by atoms with Gasteiger partial charge in [-0.05, 0) is 12.8 Å². The molecule has 1 aromatic heterocycles. The van der Waals surface area contributed by atoms with E-state index in [9.17, 15) is 4.79 Å². The minimum Gasteiger partial charge on any atom is -0.502 e. The molecule has 0 saturated heterocycles. The topological polar surface area (TPSA) is 79.9 Å². The number of nitrogens with zero attached hydrogens (tertiary/aromatic N) is 2. The molecule has 0 aliphatic heterocycles. The molecule has 94 valence electrons. The van der Waals surface area contributed by atoms with Crippen molar-refractivity contribution >= 4 is 5.91 Å². The van der Waals surface area contributed by atoms with Crippen molar-refractivity contribution in [1.29, 1.82) is 0 Å². The number of ether oxygens (including phenoxy) is 1. The van der Waals surface area contributed by atoms with E-state index in [1.807, 2.05) is 6.92 Å². The van der Waals surface area contributed by atoms with Gasteiger partial charge in [-0.2, -0.15) is 0 Å². The SMILES string of the molecule is C=COCCCNC(=O)c1n[nH]c(CCC)n1. The van der Waals surface area contributed by atoms with Crippen LogP contribution in [0.4, 0.5) is 0 Å². The summed E-state index contributed by atoms with van der Waals surface area (Å²) in [5.41, 5.74) is 0. The van der Waals surface area contributed by atoms with Gasteiger partial charge in [0.2, 0.25) is 5.82 Å². The van der Waals surface area contributed by atoms with E-state index >= 15 is 0 Å². The quantitative estimate of drug-likeness (QED) is 0.524. The van der Waals surface area contributed by atoms with Gasteiger partial charge < -0.3 is 10.1 Å². The number of rotatable bonds is 8. The third-order valence-corrected chi connectivity index (χ3v) is 2.06. The number of aromatic amines is 1. The van der Waals surface area contributed by atoms with Crippen LogP contribution in [0, 0.1) is 0 Å². The number of nitrogens with one attached hydrogen (secondary N) is 2. The van der Waals surface area contributed by atoms with Crippen molar-refractivity contribution in [3.8, 4) is 0 Å². The minimum absolute atomic E-state index is 0.193. The summed E-state index contributed by atoms with van der Waals surface area (Å²) in [6.07, 6.45) is 3.88. The molecule has 0 aromatic carbocycles. The Kier molecular flexibility index (Phi) is 5.77. The molecule has 0 aliphatic rings. The van der Waals surface area contributed by atoms with Gasteiger partial charge in [0, 0.05) is 13.0 Å². The lowest BCUT2D eigenvalue weighted by molar-refractivity contribution is 0.0940. The predicted octanol–water partition coefficient (Wildman–Crippen LogP) is 1.04. The molecule has 0 atom stereocenters. The van der Waals surface area contributed by atoms with Crippen molar-refractivity contribution in [3.63, 3.8) is 0 Å². The molecule has 6 heteroatoms. The standard InChI is InChI=1S/C11H18N4O2/c1-3-6-9-13-10(15-14-9)11(16)12-7-5-8-17-4-2/h4H,2-3,5-8H2,1H3,(H,12,16)(H,13,14,15). The Morgan fingerprint density at radius 3 is 3.18 bits per heavy atom. The second-order valence-corrected chi connectivity index (χ2v) is 3.50. The number of carbonyl (C=O) groups is 1. The van der Waals surface area contributed by atoms with Gasteiger partial charge in [0.1, 0.15) is 5.82 Å². The van der Waals surface area contributed by atoms with Crippen molar-refractivity contribution in [2.75, 3.05) is 13.2 Å². The third kappa shape index (κ3) is 4.67. The molecule has 0 fully saturated rings. The fourth-order valence-corrected chi connectivity index (χ4v) is 1.27. The Labute approximate surface area is 100 Å². The maximum absolute atomic E-state index is 11.6. The zero-order valence-electron chi connectivity index (χ0n) is 10.0. The zero-order chi connectivity index (χ0) is 12.5. The molecular weight excluding hydrogens is 220 g/mol. The van der Waals surface area contributed by atoms with Crippen LogP contribution in [0.25, 0.3) is 0 Å². The first-order valence-corrected chi connectivity index (χ1v) is 5.70. The van der Waals surface area contributed by atoms with E-state index in [-0.39, 0.29) is 11.7 Å². The van der Waals surface area contributed by atoms with Gasteiger partial charge in [0.15, 0.2) is 0 Å². The van der Waals surface area contributed by atoms with Gasteiger partial charge in [-0.3, -0.25) is 9.89 Å². The Bertz CT molecular complexity index is 362. The lowest BCUT2D eigenvalue weighted by Gasteiger charge is -2.01. The largest absolute Gasteiger partial charge is 0.502 e. The summed E-state index contributed by atoms with van der Waals surface area (Å²) < 4.78 is 4.93. The maximum Gasteiger partial charge on any atom is 0.290 e. The Hall–Kier alpha value is -1.85. The van der Waals surface area contributed by atoms with Crippen LogP contribution in [0.1, 0.15) is 36.2 Å². The van der Waals surface area contributed by atoms with Gasteiger partial charge in [-0.25, -0.2) is 4.98 Å². The van der Waals surface area contributed by atoms with Crippen molar-refractivity contribution in [2.24, 2.45) is 0 Å². The molecule has 1 rings (SSSR count). The number of hydrogen-bond acceptors (Lipinski definition) is 4.